The Morgan fingerprint density at radius 1 is 1.17 bits per heavy atom. The highest BCUT2D eigenvalue weighted by Crippen LogP contribution is 2.57. The highest BCUT2D eigenvalue weighted by atomic mass is 35.5. The number of amides is 3. The van der Waals surface area contributed by atoms with Gasteiger partial charge in [-0.15, -0.1) is 0 Å². The van der Waals surface area contributed by atoms with Crippen molar-refractivity contribution < 1.29 is 23.5 Å². The molecule has 1 saturated heterocycles. The molecule has 1 fully saturated rings. The Morgan fingerprint density at radius 2 is 1.88 bits per heavy atom. The summed E-state index contributed by atoms with van der Waals surface area (Å²) in [4.78, 5) is 46.1. The number of rotatable bonds is 5. The van der Waals surface area contributed by atoms with Gasteiger partial charge < -0.3 is 15.8 Å². The summed E-state index contributed by atoms with van der Waals surface area (Å²) in [7, 11) is 0. The monoisotopic (exact) mass is 600 g/mol. The number of primary amides is 1. The van der Waals surface area contributed by atoms with Crippen molar-refractivity contribution in [2.24, 2.45) is 11.1 Å². The first kappa shape index (κ1) is 28.7. The van der Waals surface area contributed by atoms with Crippen LogP contribution < -0.4 is 21.7 Å². The average Bonchev–Trinajstić information content (AvgIpc) is 3.33. The van der Waals surface area contributed by atoms with E-state index in [1.54, 1.807) is 24.3 Å². The summed E-state index contributed by atoms with van der Waals surface area (Å²) >= 11 is 12.5. The molecule has 0 bridgehead atoms. The fraction of sp³-hybridized carbons (Fsp3) is 0.321. The van der Waals surface area contributed by atoms with E-state index in [2.05, 4.69) is 25.9 Å². The van der Waals surface area contributed by atoms with Gasteiger partial charge in [0.1, 0.15) is 11.2 Å². The van der Waals surface area contributed by atoms with Crippen LogP contribution in [0.4, 0.5) is 20.6 Å². The first-order chi connectivity index (χ1) is 19.3. The van der Waals surface area contributed by atoms with Crippen LogP contribution in [0.15, 0.2) is 48.8 Å². The standard InChI is InChI=1S/C28H27Cl2FN6O4/c1-27(2,3)10-19-28(16-8-7-13(29)9-18(16)36-25(28)39)20(15-5-4-6-17(30)21(15)31)24(37-19)41-26(40)35-14-11-33-23(22(32)38)34-12-14/h4-9,11-12,19-20,24,37H,10H2,1-3H3,(H2,32,38)(H,35,40)(H,36,39)/t19-,20-,24+,28+/m0/s1. The zero-order valence-electron chi connectivity index (χ0n) is 22.3. The normalized spacial score (nSPS) is 23.3. The molecule has 13 heteroatoms. The number of anilines is 2. The van der Waals surface area contributed by atoms with Crippen molar-refractivity contribution in [3.63, 3.8) is 0 Å². The van der Waals surface area contributed by atoms with E-state index in [4.69, 9.17) is 33.7 Å². The predicted octanol–water partition coefficient (Wildman–Crippen LogP) is 4.98. The Bertz CT molecular complexity index is 1550. The van der Waals surface area contributed by atoms with Crippen LogP contribution in [-0.4, -0.2) is 40.1 Å². The number of fused-ring (bicyclic) bond motifs is 2. The minimum atomic E-state index is -1.39. The second kappa shape index (κ2) is 10.6. The lowest BCUT2D eigenvalue weighted by Crippen LogP contribution is -2.49. The van der Waals surface area contributed by atoms with Gasteiger partial charge in [-0.05, 0) is 41.2 Å². The van der Waals surface area contributed by atoms with Gasteiger partial charge in [-0.25, -0.2) is 19.2 Å². The molecule has 3 heterocycles. The van der Waals surface area contributed by atoms with E-state index in [1.807, 2.05) is 20.8 Å². The van der Waals surface area contributed by atoms with Crippen molar-refractivity contribution in [2.75, 3.05) is 10.6 Å². The van der Waals surface area contributed by atoms with Gasteiger partial charge in [-0.2, -0.15) is 0 Å². The largest absolute Gasteiger partial charge is 0.429 e. The molecule has 0 saturated carbocycles. The lowest BCUT2D eigenvalue weighted by molar-refractivity contribution is -0.122. The Kier molecular flexibility index (Phi) is 7.39. The summed E-state index contributed by atoms with van der Waals surface area (Å²) in [5, 5.41) is 9.02. The molecule has 2 aromatic carbocycles. The van der Waals surface area contributed by atoms with Gasteiger partial charge >= 0.3 is 6.09 Å². The number of hydrogen-bond donors (Lipinski definition) is 4. The highest BCUT2D eigenvalue weighted by molar-refractivity contribution is 6.31. The van der Waals surface area contributed by atoms with Crippen molar-refractivity contribution in [1.29, 1.82) is 0 Å². The smallest absolute Gasteiger partial charge is 0.413 e. The number of carbonyl (C=O) groups excluding carboxylic acids is 3. The number of benzene rings is 2. The molecular formula is C28H27Cl2FN6O4. The summed E-state index contributed by atoms with van der Waals surface area (Å²) < 4.78 is 21.6. The van der Waals surface area contributed by atoms with Crippen LogP contribution in [0.2, 0.25) is 10.0 Å². The molecule has 3 aromatic rings. The average molecular weight is 601 g/mol. The first-order valence-corrected chi connectivity index (χ1v) is 13.5. The van der Waals surface area contributed by atoms with Gasteiger partial charge in [0.05, 0.1) is 29.0 Å². The molecule has 3 amide bonds. The zero-order valence-corrected chi connectivity index (χ0v) is 23.8. The SMILES string of the molecule is CC(C)(C)C[C@@H]1N[C@H](OC(=O)Nc2cnc(C(N)=O)nc2)[C@H](c2cccc(Cl)c2F)[C@]12C(=O)Nc1cc(Cl)ccc12. The molecule has 41 heavy (non-hydrogen) atoms. The molecule has 1 aromatic heterocycles. The van der Waals surface area contributed by atoms with Crippen molar-refractivity contribution in [3.05, 3.63) is 81.6 Å². The number of ether oxygens (including phenoxy) is 1. The predicted molar refractivity (Wildman–Crippen MR) is 151 cm³/mol. The Morgan fingerprint density at radius 3 is 2.54 bits per heavy atom. The topological polar surface area (TPSA) is 148 Å². The van der Waals surface area contributed by atoms with Crippen molar-refractivity contribution in [1.82, 2.24) is 15.3 Å². The van der Waals surface area contributed by atoms with E-state index in [1.165, 1.54) is 24.5 Å². The molecular weight excluding hydrogens is 574 g/mol. The van der Waals surface area contributed by atoms with Crippen LogP contribution in [-0.2, 0) is 14.9 Å². The van der Waals surface area contributed by atoms with Crippen LogP contribution in [0.25, 0.3) is 0 Å². The van der Waals surface area contributed by atoms with Gasteiger partial charge in [0.15, 0.2) is 6.23 Å². The number of nitrogens with zero attached hydrogens (tertiary/aromatic N) is 2. The molecule has 5 N–H and O–H groups in total. The van der Waals surface area contributed by atoms with E-state index in [9.17, 15) is 14.4 Å². The molecule has 1 spiro atoms. The van der Waals surface area contributed by atoms with Crippen molar-refractivity contribution in [3.8, 4) is 0 Å². The lowest BCUT2D eigenvalue weighted by atomic mass is 9.63. The van der Waals surface area contributed by atoms with E-state index in [0.29, 0.717) is 22.7 Å². The quantitative estimate of drug-likeness (QED) is 0.323. The van der Waals surface area contributed by atoms with Gasteiger partial charge in [-0.1, -0.05) is 62.2 Å². The third-order valence-corrected chi connectivity index (χ3v) is 7.77. The number of carbonyl (C=O) groups is 3. The molecule has 4 atom stereocenters. The van der Waals surface area contributed by atoms with Crippen LogP contribution in [0.1, 0.15) is 54.9 Å². The molecule has 0 unspecified atom stereocenters. The first-order valence-electron chi connectivity index (χ1n) is 12.7. The van der Waals surface area contributed by atoms with Crippen molar-refractivity contribution >= 4 is 52.5 Å². The summed E-state index contributed by atoms with van der Waals surface area (Å²) in [6, 6.07) is 8.96. The zero-order chi connectivity index (χ0) is 29.7. The van der Waals surface area contributed by atoms with Gasteiger partial charge in [0, 0.05) is 16.8 Å². The number of hydrogen-bond acceptors (Lipinski definition) is 7. The number of aromatic nitrogens is 2. The van der Waals surface area contributed by atoms with E-state index in [0.717, 1.165) is 0 Å². The summed E-state index contributed by atoms with van der Waals surface area (Å²) in [6.45, 7) is 6.05. The second-order valence-electron chi connectivity index (χ2n) is 11.2. The molecule has 214 valence electrons. The maximum Gasteiger partial charge on any atom is 0.413 e. The fourth-order valence-corrected chi connectivity index (χ4v) is 6.10. The van der Waals surface area contributed by atoms with Gasteiger partial charge in [0.25, 0.3) is 5.91 Å². The molecule has 0 aliphatic carbocycles. The van der Waals surface area contributed by atoms with Crippen LogP contribution >= 0.6 is 23.2 Å². The number of nitrogens with two attached hydrogens (primary N) is 1. The van der Waals surface area contributed by atoms with Crippen LogP contribution in [0.3, 0.4) is 0 Å². The van der Waals surface area contributed by atoms with Crippen LogP contribution in [0.5, 0.6) is 0 Å². The van der Waals surface area contributed by atoms with Crippen LogP contribution in [0, 0.1) is 11.2 Å². The van der Waals surface area contributed by atoms with Gasteiger partial charge in [-0.3, -0.25) is 20.2 Å². The number of nitrogens with one attached hydrogen (secondary N) is 3. The van der Waals surface area contributed by atoms with E-state index >= 15 is 4.39 Å². The third-order valence-electron chi connectivity index (χ3n) is 7.25. The minimum absolute atomic E-state index is 0.103. The summed E-state index contributed by atoms with van der Waals surface area (Å²) in [5.41, 5.74) is 4.81. The highest BCUT2D eigenvalue weighted by Gasteiger charge is 2.66. The molecule has 0 radical (unpaired) electrons. The number of halogens is 3. The molecule has 2 aliphatic heterocycles. The third kappa shape index (κ3) is 5.20. The second-order valence-corrected chi connectivity index (χ2v) is 12.1. The van der Waals surface area contributed by atoms with E-state index in [-0.39, 0.29) is 33.4 Å². The minimum Gasteiger partial charge on any atom is -0.429 e. The Hall–Kier alpha value is -3.80. The maximum absolute atomic E-state index is 15.8. The lowest BCUT2D eigenvalue weighted by Gasteiger charge is -2.37. The van der Waals surface area contributed by atoms with Crippen molar-refractivity contribution in [2.45, 2.75) is 50.8 Å². The Labute approximate surface area is 245 Å². The fourth-order valence-electron chi connectivity index (χ4n) is 5.75. The van der Waals surface area contributed by atoms with E-state index < -0.39 is 41.4 Å². The summed E-state index contributed by atoms with van der Waals surface area (Å²) in [5.74, 6) is -3.20. The molecule has 10 nitrogen and oxygen atoms in total. The van der Waals surface area contributed by atoms with Gasteiger partial charge in [0.2, 0.25) is 11.7 Å². The Balaban J connectivity index is 1.61. The molecule has 2 aliphatic rings. The molecule has 5 rings (SSSR count). The maximum atomic E-state index is 15.8. The summed E-state index contributed by atoms with van der Waals surface area (Å²) in [6.07, 6.45) is 0.753.